The van der Waals surface area contributed by atoms with Crippen LogP contribution in [-0.4, -0.2) is 25.5 Å². The van der Waals surface area contributed by atoms with Crippen LogP contribution in [0.25, 0.3) is 0 Å². The zero-order chi connectivity index (χ0) is 12.8. The van der Waals surface area contributed by atoms with E-state index in [2.05, 4.69) is 0 Å². The van der Waals surface area contributed by atoms with Crippen LogP contribution >= 0.6 is 0 Å². The number of methoxy groups -OCH3 is 1. The van der Waals surface area contributed by atoms with Gasteiger partial charge in [0, 0.05) is 25.6 Å². The van der Waals surface area contributed by atoms with Gasteiger partial charge in [-0.3, -0.25) is 9.59 Å². The molecule has 0 aliphatic heterocycles. The van der Waals surface area contributed by atoms with Crippen molar-refractivity contribution in [3.63, 3.8) is 0 Å². The van der Waals surface area contributed by atoms with Gasteiger partial charge in [-0.15, -0.1) is 0 Å². The lowest BCUT2D eigenvalue weighted by atomic mass is 10.2. The van der Waals surface area contributed by atoms with E-state index in [4.69, 9.17) is 10.5 Å². The highest BCUT2D eigenvalue weighted by molar-refractivity contribution is 5.92. The molecule has 0 unspecified atom stereocenters. The molecule has 0 saturated heterocycles. The minimum Gasteiger partial charge on any atom is -0.497 e. The third-order valence-electron chi connectivity index (χ3n) is 2.35. The van der Waals surface area contributed by atoms with Crippen LogP contribution in [0.15, 0.2) is 24.3 Å². The third kappa shape index (κ3) is 3.79. The summed E-state index contributed by atoms with van der Waals surface area (Å²) >= 11 is 0. The van der Waals surface area contributed by atoms with E-state index in [-0.39, 0.29) is 18.9 Å². The predicted octanol–water partition coefficient (Wildman–Crippen LogP) is 0.923. The van der Waals surface area contributed by atoms with Crippen molar-refractivity contribution in [1.82, 2.24) is 0 Å². The van der Waals surface area contributed by atoms with E-state index in [1.54, 1.807) is 31.4 Å². The average molecular weight is 236 g/mol. The van der Waals surface area contributed by atoms with Gasteiger partial charge >= 0.3 is 0 Å². The fourth-order valence-electron chi connectivity index (χ4n) is 1.45. The van der Waals surface area contributed by atoms with Crippen molar-refractivity contribution in [2.75, 3.05) is 18.6 Å². The first-order chi connectivity index (χ1) is 8.04. The highest BCUT2D eigenvalue weighted by atomic mass is 16.5. The summed E-state index contributed by atoms with van der Waals surface area (Å²) in [6.07, 6.45) is 0.144. The molecule has 2 N–H and O–H groups in total. The van der Waals surface area contributed by atoms with E-state index < -0.39 is 5.91 Å². The van der Waals surface area contributed by atoms with Gasteiger partial charge in [0.15, 0.2) is 0 Å². The van der Waals surface area contributed by atoms with Gasteiger partial charge in [-0.05, 0) is 24.3 Å². The van der Waals surface area contributed by atoms with Crippen molar-refractivity contribution in [3.05, 3.63) is 24.3 Å². The number of anilines is 1. The first-order valence-corrected chi connectivity index (χ1v) is 5.25. The summed E-state index contributed by atoms with van der Waals surface area (Å²) in [4.78, 5) is 23.7. The molecule has 2 amide bonds. The van der Waals surface area contributed by atoms with Crippen molar-refractivity contribution in [3.8, 4) is 5.75 Å². The molecule has 92 valence electrons. The molecule has 0 aliphatic carbocycles. The van der Waals surface area contributed by atoms with Crippen LogP contribution in [-0.2, 0) is 9.59 Å². The minimum atomic E-state index is -0.426. The number of carbonyl (C=O) groups excluding carboxylic acids is 2. The van der Waals surface area contributed by atoms with Crippen LogP contribution in [0.5, 0.6) is 5.75 Å². The number of amides is 2. The monoisotopic (exact) mass is 236 g/mol. The molecule has 1 rings (SSSR count). The van der Waals surface area contributed by atoms with Crippen LogP contribution in [0.4, 0.5) is 5.69 Å². The lowest BCUT2D eigenvalue weighted by molar-refractivity contribution is -0.118. The molecular formula is C12H16N2O3. The Morgan fingerprint density at radius 1 is 1.29 bits per heavy atom. The largest absolute Gasteiger partial charge is 0.497 e. The average Bonchev–Trinajstić information content (AvgIpc) is 2.29. The smallest absolute Gasteiger partial charge is 0.223 e. The van der Waals surface area contributed by atoms with E-state index in [1.807, 2.05) is 0 Å². The second-order valence-corrected chi connectivity index (χ2v) is 3.58. The van der Waals surface area contributed by atoms with Gasteiger partial charge in [0.1, 0.15) is 5.75 Å². The van der Waals surface area contributed by atoms with Gasteiger partial charge in [0.05, 0.1) is 7.11 Å². The fourth-order valence-corrected chi connectivity index (χ4v) is 1.45. The first kappa shape index (κ1) is 13.0. The van der Waals surface area contributed by atoms with Crippen LogP contribution in [0.3, 0.4) is 0 Å². The van der Waals surface area contributed by atoms with Crippen LogP contribution in [0.1, 0.15) is 13.3 Å². The number of nitrogens with zero attached hydrogens (tertiary/aromatic N) is 1. The lowest BCUT2D eigenvalue weighted by Gasteiger charge is -2.20. The zero-order valence-electron chi connectivity index (χ0n) is 9.97. The molecule has 1 aromatic rings. The maximum absolute atomic E-state index is 11.5. The maximum Gasteiger partial charge on any atom is 0.223 e. The van der Waals surface area contributed by atoms with Crippen molar-refractivity contribution in [2.24, 2.45) is 5.73 Å². The quantitative estimate of drug-likeness (QED) is 0.826. The Labute approximate surface area is 100 Å². The summed E-state index contributed by atoms with van der Waals surface area (Å²) in [6.45, 7) is 1.74. The van der Waals surface area contributed by atoms with E-state index in [0.717, 1.165) is 5.69 Å². The third-order valence-corrected chi connectivity index (χ3v) is 2.35. The topological polar surface area (TPSA) is 72.6 Å². The number of nitrogens with two attached hydrogens (primary N) is 1. The summed E-state index contributed by atoms with van der Waals surface area (Å²) in [7, 11) is 1.57. The Hall–Kier alpha value is -2.04. The van der Waals surface area contributed by atoms with Gasteiger partial charge in [-0.1, -0.05) is 0 Å². The molecule has 0 bridgehead atoms. The van der Waals surface area contributed by atoms with Gasteiger partial charge in [-0.2, -0.15) is 0 Å². The van der Waals surface area contributed by atoms with E-state index >= 15 is 0 Å². The number of ether oxygens (including phenoxy) is 1. The first-order valence-electron chi connectivity index (χ1n) is 5.25. The van der Waals surface area contributed by atoms with Crippen molar-refractivity contribution < 1.29 is 14.3 Å². The second kappa shape index (κ2) is 5.89. The molecule has 0 spiro atoms. The van der Waals surface area contributed by atoms with E-state index in [0.29, 0.717) is 5.75 Å². The summed E-state index contributed by atoms with van der Waals surface area (Å²) in [5.74, 6) is 0.160. The van der Waals surface area contributed by atoms with Crippen molar-refractivity contribution in [1.29, 1.82) is 0 Å². The molecule has 0 fully saturated rings. The Morgan fingerprint density at radius 3 is 2.29 bits per heavy atom. The highest BCUT2D eigenvalue weighted by Crippen LogP contribution is 2.19. The Kier molecular flexibility index (Phi) is 4.51. The number of rotatable bonds is 5. The highest BCUT2D eigenvalue weighted by Gasteiger charge is 2.12. The van der Waals surface area contributed by atoms with E-state index in [9.17, 15) is 9.59 Å². The predicted molar refractivity (Wildman–Crippen MR) is 64.8 cm³/mol. The minimum absolute atomic E-state index is 0.128. The molecule has 5 heteroatoms. The summed E-state index contributed by atoms with van der Waals surface area (Å²) in [5.41, 5.74) is 5.79. The number of benzene rings is 1. The zero-order valence-corrected chi connectivity index (χ0v) is 9.97. The molecule has 0 saturated carbocycles. The number of carbonyl (C=O) groups is 2. The SMILES string of the molecule is COc1ccc(N(CCC(N)=O)C(C)=O)cc1. The number of primary amides is 1. The maximum atomic E-state index is 11.5. The molecule has 0 aromatic heterocycles. The Morgan fingerprint density at radius 2 is 1.88 bits per heavy atom. The standard InChI is InChI=1S/C12H16N2O3/c1-9(15)14(8-7-12(13)16)10-3-5-11(17-2)6-4-10/h3-6H,7-8H2,1-2H3,(H2,13,16). The van der Waals surface area contributed by atoms with Crippen LogP contribution in [0.2, 0.25) is 0 Å². The number of hydrogen-bond acceptors (Lipinski definition) is 3. The summed E-state index contributed by atoms with van der Waals surface area (Å²) in [5, 5.41) is 0. The van der Waals surface area contributed by atoms with Gasteiger partial charge in [-0.25, -0.2) is 0 Å². The Bertz CT molecular complexity index is 401. The summed E-state index contributed by atoms with van der Waals surface area (Å²) < 4.78 is 5.03. The summed E-state index contributed by atoms with van der Waals surface area (Å²) in [6, 6.07) is 7.05. The van der Waals surface area contributed by atoms with Crippen LogP contribution < -0.4 is 15.4 Å². The Balaban J connectivity index is 2.81. The normalized spacial score (nSPS) is 9.76. The molecule has 17 heavy (non-hydrogen) atoms. The molecule has 1 aromatic carbocycles. The second-order valence-electron chi connectivity index (χ2n) is 3.58. The van der Waals surface area contributed by atoms with Gasteiger partial charge in [0.25, 0.3) is 0 Å². The number of hydrogen-bond donors (Lipinski definition) is 1. The molecular weight excluding hydrogens is 220 g/mol. The van der Waals surface area contributed by atoms with Gasteiger partial charge < -0.3 is 15.4 Å². The van der Waals surface area contributed by atoms with Crippen molar-refractivity contribution >= 4 is 17.5 Å². The fraction of sp³-hybridized carbons (Fsp3) is 0.333. The van der Waals surface area contributed by atoms with Crippen LogP contribution in [0, 0.1) is 0 Å². The molecule has 5 nitrogen and oxygen atoms in total. The molecule has 0 aliphatic rings. The molecule has 0 atom stereocenters. The molecule has 0 radical (unpaired) electrons. The lowest BCUT2D eigenvalue weighted by Crippen LogP contribution is -2.32. The van der Waals surface area contributed by atoms with Gasteiger partial charge in [0.2, 0.25) is 11.8 Å². The molecule has 0 heterocycles. The van der Waals surface area contributed by atoms with E-state index in [1.165, 1.54) is 11.8 Å². The van der Waals surface area contributed by atoms with Crippen molar-refractivity contribution in [2.45, 2.75) is 13.3 Å².